The molecule has 1 aliphatic heterocycles. The number of alkyl halides is 2. The van der Waals surface area contributed by atoms with Gasteiger partial charge in [0.15, 0.2) is 5.13 Å². The quantitative estimate of drug-likeness (QED) is 0.161. The van der Waals surface area contributed by atoms with Crippen molar-refractivity contribution in [2.75, 3.05) is 11.9 Å². The zero-order chi connectivity index (χ0) is 33.6. The maximum absolute atomic E-state index is 14.3. The topological polar surface area (TPSA) is 149 Å². The number of benzene rings is 2. The third kappa shape index (κ3) is 6.74. The zero-order valence-corrected chi connectivity index (χ0v) is 27.3. The molecule has 0 spiro atoms. The molecule has 16 heteroatoms. The molecule has 2 aromatic heterocycles. The second-order valence-corrected chi connectivity index (χ2v) is 15.7. The fourth-order valence-corrected chi connectivity index (χ4v) is 7.40. The summed E-state index contributed by atoms with van der Waals surface area (Å²) in [5, 5.41) is 5.89. The van der Waals surface area contributed by atoms with Crippen molar-refractivity contribution in [2.45, 2.75) is 51.4 Å². The highest BCUT2D eigenvalue weighted by Gasteiger charge is 2.50. The number of rotatable bonds is 8. The van der Waals surface area contributed by atoms with Crippen LogP contribution in [0.3, 0.4) is 0 Å². The standard InChI is InChI=1S/C30H30F3N4O6PS2/c1-29(2,3)24(35-26(39)22-14-16-13-17(10-11-21(16)45-22)30(32,33)44(41,42)43)27(40)37-12-6-9-20(37)25(38)36-28-34-15-23(46-28)18-7-4-5-8-19(18)31/h4-5,7-8,10-11,13-15,20,24H,6,9,12H2,1-3H3,(H,35,39)(H,34,36,38)(H2,41,42,43)/t20-,24+/m0/s1. The molecule has 3 heterocycles. The van der Waals surface area contributed by atoms with Gasteiger partial charge in [0.05, 0.1) is 9.75 Å². The first-order valence-corrected chi connectivity index (χ1v) is 17.3. The van der Waals surface area contributed by atoms with E-state index in [1.165, 1.54) is 29.3 Å². The Bertz CT molecular complexity index is 1870. The average Bonchev–Trinajstić information content (AvgIpc) is 3.74. The number of thiophene rings is 1. The minimum absolute atomic E-state index is 0.0961. The van der Waals surface area contributed by atoms with Crippen LogP contribution in [0.25, 0.3) is 20.5 Å². The third-order valence-electron chi connectivity index (χ3n) is 7.56. The van der Waals surface area contributed by atoms with Crippen molar-refractivity contribution in [3.8, 4) is 10.4 Å². The Morgan fingerprint density at radius 2 is 1.80 bits per heavy atom. The lowest BCUT2D eigenvalue weighted by atomic mass is 9.85. The lowest BCUT2D eigenvalue weighted by molar-refractivity contribution is -0.140. The number of carbonyl (C=O) groups excluding carboxylic acids is 3. The molecule has 0 radical (unpaired) electrons. The fourth-order valence-electron chi connectivity index (χ4n) is 5.14. The first kappa shape index (κ1) is 33.7. The Balaban J connectivity index is 1.32. The van der Waals surface area contributed by atoms with E-state index in [1.54, 1.807) is 39.0 Å². The van der Waals surface area contributed by atoms with Crippen molar-refractivity contribution in [1.82, 2.24) is 15.2 Å². The van der Waals surface area contributed by atoms with Gasteiger partial charge in [-0.05, 0) is 47.9 Å². The smallest absolute Gasteiger partial charge is 0.339 e. The van der Waals surface area contributed by atoms with E-state index in [0.29, 0.717) is 28.0 Å². The average molecular weight is 695 g/mol. The fraction of sp³-hybridized carbons (Fsp3) is 0.333. The molecule has 5 rings (SSSR count). The van der Waals surface area contributed by atoms with Crippen molar-refractivity contribution in [1.29, 1.82) is 0 Å². The lowest BCUT2D eigenvalue weighted by Gasteiger charge is -2.35. The van der Waals surface area contributed by atoms with Gasteiger partial charge in [0, 0.05) is 28.6 Å². The van der Waals surface area contributed by atoms with Crippen LogP contribution < -0.4 is 10.6 Å². The normalized spacial score (nSPS) is 16.4. The molecule has 244 valence electrons. The maximum Gasteiger partial charge on any atom is 0.399 e. The van der Waals surface area contributed by atoms with Crippen LogP contribution in [0.1, 0.15) is 48.8 Å². The van der Waals surface area contributed by atoms with Crippen molar-refractivity contribution in [3.05, 3.63) is 71.0 Å². The summed E-state index contributed by atoms with van der Waals surface area (Å²) in [6.07, 6.45) is 2.39. The van der Waals surface area contributed by atoms with E-state index < -0.39 is 59.9 Å². The number of nitrogens with one attached hydrogen (secondary N) is 2. The number of aromatic nitrogens is 1. The molecule has 0 saturated carbocycles. The summed E-state index contributed by atoms with van der Waals surface area (Å²) < 4.78 is 54.5. The van der Waals surface area contributed by atoms with Gasteiger partial charge >= 0.3 is 13.3 Å². The molecule has 1 aliphatic rings. The van der Waals surface area contributed by atoms with E-state index in [4.69, 9.17) is 9.79 Å². The van der Waals surface area contributed by atoms with Crippen LogP contribution in [0, 0.1) is 11.2 Å². The molecule has 2 aromatic carbocycles. The monoisotopic (exact) mass is 694 g/mol. The predicted octanol–water partition coefficient (Wildman–Crippen LogP) is 6.17. The van der Waals surface area contributed by atoms with Crippen LogP contribution in [0.5, 0.6) is 0 Å². The molecule has 0 aliphatic carbocycles. The van der Waals surface area contributed by atoms with E-state index in [9.17, 15) is 32.1 Å². The second kappa shape index (κ2) is 12.5. The minimum atomic E-state index is -5.78. The SMILES string of the molecule is CC(C)(C)[C@H](NC(=O)c1cc2cc(C(F)(F)P(=O)(O)O)ccc2s1)C(=O)N1CCC[C@H]1C(=O)Nc1ncc(-c2ccccc2F)s1. The van der Waals surface area contributed by atoms with Gasteiger partial charge in [-0.15, -0.1) is 11.3 Å². The molecule has 0 unspecified atom stereocenters. The molecule has 0 bridgehead atoms. The Labute approximate surface area is 269 Å². The number of amides is 3. The van der Waals surface area contributed by atoms with E-state index in [1.807, 2.05) is 0 Å². The number of hydrogen-bond acceptors (Lipinski definition) is 7. The Kier molecular flexibility index (Phi) is 9.19. The third-order valence-corrected chi connectivity index (χ3v) is 10.6. The van der Waals surface area contributed by atoms with Gasteiger partial charge in [-0.2, -0.15) is 8.78 Å². The molecular formula is C30H30F3N4O6PS2. The molecular weight excluding hydrogens is 664 g/mol. The summed E-state index contributed by atoms with van der Waals surface area (Å²) in [5.41, 5.74) is -5.74. The van der Waals surface area contributed by atoms with E-state index in [-0.39, 0.29) is 21.9 Å². The zero-order valence-electron chi connectivity index (χ0n) is 24.8. The Morgan fingerprint density at radius 3 is 2.48 bits per heavy atom. The molecule has 1 fully saturated rings. The number of thiazole rings is 1. The summed E-state index contributed by atoms with van der Waals surface area (Å²) in [5.74, 6) is -2.02. The van der Waals surface area contributed by atoms with E-state index in [2.05, 4.69) is 15.6 Å². The van der Waals surface area contributed by atoms with Crippen molar-refractivity contribution in [2.24, 2.45) is 5.41 Å². The van der Waals surface area contributed by atoms with Gasteiger partial charge in [-0.3, -0.25) is 18.9 Å². The molecule has 2 atom stereocenters. The second-order valence-electron chi connectivity index (χ2n) is 11.9. The number of anilines is 1. The molecule has 46 heavy (non-hydrogen) atoms. The number of hydrogen-bond donors (Lipinski definition) is 4. The predicted molar refractivity (Wildman–Crippen MR) is 169 cm³/mol. The van der Waals surface area contributed by atoms with Crippen LogP contribution in [0.4, 0.5) is 18.3 Å². The van der Waals surface area contributed by atoms with Gasteiger partial charge in [0.1, 0.15) is 17.9 Å². The highest BCUT2D eigenvalue weighted by atomic mass is 32.1. The van der Waals surface area contributed by atoms with Crippen molar-refractivity contribution >= 4 is 63.2 Å². The van der Waals surface area contributed by atoms with Gasteiger partial charge in [0.25, 0.3) is 5.91 Å². The lowest BCUT2D eigenvalue weighted by Crippen LogP contribution is -2.57. The van der Waals surface area contributed by atoms with Crippen molar-refractivity contribution in [3.63, 3.8) is 0 Å². The first-order valence-electron chi connectivity index (χ1n) is 14.1. The van der Waals surface area contributed by atoms with Gasteiger partial charge in [-0.25, -0.2) is 9.37 Å². The van der Waals surface area contributed by atoms with Gasteiger partial charge in [0.2, 0.25) is 11.8 Å². The largest absolute Gasteiger partial charge is 0.399 e. The molecule has 10 nitrogen and oxygen atoms in total. The van der Waals surface area contributed by atoms with Crippen LogP contribution in [-0.4, -0.2) is 56.0 Å². The Morgan fingerprint density at radius 1 is 1.09 bits per heavy atom. The molecule has 3 amide bonds. The molecule has 4 N–H and O–H groups in total. The number of likely N-dealkylation sites (tertiary alicyclic amines) is 1. The van der Waals surface area contributed by atoms with Crippen LogP contribution in [0.2, 0.25) is 0 Å². The number of nitrogens with zero attached hydrogens (tertiary/aromatic N) is 2. The first-order chi connectivity index (χ1) is 21.5. The van der Waals surface area contributed by atoms with Gasteiger partial charge < -0.3 is 25.3 Å². The summed E-state index contributed by atoms with van der Waals surface area (Å²) in [6.45, 7) is 5.53. The summed E-state index contributed by atoms with van der Waals surface area (Å²) in [4.78, 5) is 65.0. The van der Waals surface area contributed by atoms with Crippen LogP contribution in [0.15, 0.2) is 54.7 Å². The maximum atomic E-state index is 14.3. The molecule has 1 saturated heterocycles. The summed E-state index contributed by atoms with van der Waals surface area (Å²) in [7, 11) is -5.78. The minimum Gasteiger partial charge on any atom is -0.339 e. The summed E-state index contributed by atoms with van der Waals surface area (Å²) >= 11 is 2.06. The highest BCUT2D eigenvalue weighted by Crippen LogP contribution is 2.59. The number of carbonyl (C=O) groups is 3. The number of fused-ring (bicyclic) bond motifs is 1. The van der Waals surface area contributed by atoms with Crippen LogP contribution in [-0.2, 0) is 19.8 Å². The summed E-state index contributed by atoms with van der Waals surface area (Å²) in [6, 6.07) is 8.66. The molecule has 4 aromatic rings. The van der Waals surface area contributed by atoms with E-state index >= 15 is 0 Å². The van der Waals surface area contributed by atoms with Gasteiger partial charge in [-0.1, -0.05) is 56.4 Å². The Hall–Kier alpha value is -3.62. The highest BCUT2D eigenvalue weighted by molar-refractivity contribution is 7.52. The van der Waals surface area contributed by atoms with Crippen molar-refractivity contribution < 1.29 is 41.9 Å². The number of halogens is 3. The van der Waals surface area contributed by atoms with Crippen LogP contribution >= 0.6 is 30.3 Å². The van der Waals surface area contributed by atoms with E-state index in [0.717, 1.165) is 34.8 Å².